The third kappa shape index (κ3) is 77.8. The van der Waals surface area contributed by atoms with E-state index in [4.69, 9.17) is 37.0 Å². The highest BCUT2D eigenvalue weighted by Gasteiger charge is 2.30. The molecule has 3 N–H and O–H groups in total. The summed E-state index contributed by atoms with van der Waals surface area (Å²) in [6.45, 7) is 4.22. The molecular formula is C89H140O17P2. The van der Waals surface area contributed by atoms with E-state index in [1.165, 1.54) is 0 Å². The molecule has 19 heteroatoms. The molecule has 608 valence electrons. The Labute approximate surface area is 652 Å². The fourth-order valence-corrected chi connectivity index (χ4v) is 11.3. The van der Waals surface area contributed by atoms with Crippen molar-refractivity contribution in [2.24, 2.45) is 0 Å². The Kier molecular flexibility index (Phi) is 74.1. The summed E-state index contributed by atoms with van der Waals surface area (Å²) >= 11 is 0. The van der Waals surface area contributed by atoms with Gasteiger partial charge in [0.2, 0.25) is 0 Å². The molecule has 0 amide bonds. The van der Waals surface area contributed by atoms with Crippen molar-refractivity contribution in [3.05, 3.63) is 207 Å². The minimum atomic E-state index is -5.02. The Balaban J connectivity index is 5.51. The van der Waals surface area contributed by atoms with Crippen LogP contribution in [0.2, 0.25) is 0 Å². The van der Waals surface area contributed by atoms with Gasteiger partial charge in [-0.25, -0.2) is 9.13 Å². The lowest BCUT2D eigenvalue weighted by Gasteiger charge is -2.21. The second-order valence-corrected chi connectivity index (χ2v) is 28.7. The minimum absolute atomic E-state index is 0.0176. The first-order valence-corrected chi connectivity index (χ1v) is 43.3. The molecule has 0 aliphatic heterocycles. The molecule has 0 fully saturated rings. The summed E-state index contributed by atoms with van der Waals surface area (Å²) in [6, 6.07) is 0. The third-order valence-corrected chi connectivity index (χ3v) is 17.6. The van der Waals surface area contributed by atoms with Crippen LogP contribution < -0.4 is 0 Å². The molecule has 0 heterocycles. The van der Waals surface area contributed by atoms with Gasteiger partial charge in [-0.15, -0.1) is 0 Å². The van der Waals surface area contributed by atoms with Crippen LogP contribution in [-0.4, -0.2) is 96.7 Å². The summed E-state index contributed by atoms with van der Waals surface area (Å²) in [4.78, 5) is 73.1. The standard InChI is InChI=1S/C89H140O17P2/c1-5-9-13-17-21-25-29-33-37-39-41-43-47-49-53-57-61-65-69-73-86(91)99-79-84(105-88(93)75-71-67-63-59-55-51-45-35-31-27-23-19-15-11-7-3)81-103-107(95,96)101-77-83(90)78-102-108(97,98)104-82-85(106-89(94)76-72-68-64-60-56-52-46-36-32-28-24-20-16-12-8-4)80-100-87(92)74-70-66-62-58-54-50-48-44-42-40-38-34-30-26-22-18-14-10-6-2/h9-16,21-28,33-38,41-46,49,53,55,59,61,65,83-85,90H,5-8,17-20,29-32,39-40,47-48,50-52,54,56-58,60,62-64,66-82H2,1-4H3,(H,95,96)(H,97,98)/b13-9-,14-10-,15-11-,16-12-,25-21-,26-22-,27-23-,28-24-,37-33-,38-34-,43-41-,44-42-,45-35-,46-36-,53-49-,59-55-,65-61-. The number of hydrogen-bond acceptors (Lipinski definition) is 15. The van der Waals surface area contributed by atoms with E-state index in [2.05, 4.69) is 210 Å². The molecule has 5 atom stereocenters. The van der Waals surface area contributed by atoms with Crippen LogP contribution in [0.4, 0.5) is 0 Å². The number of aliphatic hydroxyl groups is 1. The van der Waals surface area contributed by atoms with E-state index >= 15 is 0 Å². The van der Waals surface area contributed by atoms with Gasteiger partial charge in [0.25, 0.3) is 0 Å². The van der Waals surface area contributed by atoms with Gasteiger partial charge in [-0.1, -0.05) is 279 Å². The van der Waals surface area contributed by atoms with Crippen molar-refractivity contribution in [1.82, 2.24) is 0 Å². The summed E-state index contributed by atoms with van der Waals surface area (Å²) < 4.78 is 68.5. The second kappa shape index (κ2) is 78.8. The zero-order chi connectivity index (χ0) is 78.9. The van der Waals surface area contributed by atoms with Crippen molar-refractivity contribution >= 4 is 39.5 Å². The molecule has 0 saturated heterocycles. The first-order chi connectivity index (χ1) is 52.7. The van der Waals surface area contributed by atoms with Gasteiger partial charge >= 0.3 is 39.5 Å². The zero-order valence-electron chi connectivity index (χ0n) is 66.4. The molecule has 17 nitrogen and oxygen atoms in total. The Bertz CT molecular complexity index is 2860. The smallest absolute Gasteiger partial charge is 0.462 e. The molecule has 0 aliphatic rings. The lowest BCUT2D eigenvalue weighted by Crippen LogP contribution is -2.30. The highest BCUT2D eigenvalue weighted by Crippen LogP contribution is 2.45. The molecule has 108 heavy (non-hydrogen) atoms. The van der Waals surface area contributed by atoms with E-state index in [1.54, 1.807) is 0 Å². The summed E-state index contributed by atoms with van der Waals surface area (Å²) in [5, 5.41) is 10.7. The maximum absolute atomic E-state index is 13.1. The molecule has 5 unspecified atom stereocenters. The maximum atomic E-state index is 13.1. The summed E-state index contributed by atoms with van der Waals surface area (Å²) in [5.41, 5.74) is 0. The molecular weight excluding hydrogens is 1400 g/mol. The molecule has 0 aromatic rings. The van der Waals surface area contributed by atoms with Crippen molar-refractivity contribution in [3.8, 4) is 0 Å². The van der Waals surface area contributed by atoms with Crippen LogP contribution in [0.3, 0.4) is 0 Å². The molecule has 0 aromatic carbocycles. The van der Waals surface area contributed by atoms with Gasteiger partial charge in [0.1, 0.15) is 19.3 Å². The van der Waals surface area contributed by atoms with Crippen LogP contribution in [0.5, 0.6) is 0 Å². The molecule has 0 saturated carbocycles. The van der Waals surface area contributed by atoms with Crippen molar-refractivity contribution < 1.29 is 80.2 Å². The topological polar surface area (TPSA) is 237 Å². The number of phosphoric ester groups is 2. The average Bonchev–Trinajstić information content (AvgIpc) is 0.923. The Hall–Kier alpha value is -6.36. The number of rotatable bonds is 73. The van der Waals surface area contributed by atoms with Gasteiger partial charge in [-0.05, 0) is 173 Å². The monoisotopic (exact) mass is 1540 g/mol. The number of hydrogen-bond donors (Lipinski definition) is 3. The normalized spacial score (nSPS) is 14.9. The SMILES string of the molecule is CC/C=C\C/C=C\C/C=C\C/C=C\C/C=C\C/C=C\CCC(=O)OCC(COP(=O)(O)OCC(O)COP(=O)(O)OCC(COC(=O)CCCCCCCC/C=C\C/C=C\C/C=C\C/C=C\CC)OC(=O)CCCCCCC/C=C\C/C=C\C/C=C\CC)OC(=O)CCCC/C=C\C/C=C\C/C=C\C/C=C\CC. The van der Waals surface area contributed by atoms with Gasteiger partial charge < -0.3 is 33.8 Å². The van der Waals surface area contributed by atoms with E-state index in [0.29, 0.717) is 38.5 Å². The molecule has 0 bridgehead atoms. The summed E-state index contributed by atoms with van der Waals surface area (Å²) in [5.74, 6) is -2.38. The molecule has 0 radical (unpaired) electrons. The lowest BCUT2D eigenvalue weighted by molar-refractivity contribution is -0.161. The van der Waals surface area contributed by atoms with Gasteiger partial charge in [0.15, 0.2) is 12.2 Å². The number of ether oxygens (including phenoxy) is 4. The van der Waals surface area contributed by atoms with Crippen molar-refractivity contribution in [1.29, 1.82) is 0 Å². The quantitative estimate of drug-likeness (QED) is 0.0169. The van der Waals surface area contributed by atoms with Crippen molar-refractivity contribution in [2.45, 2.75) is 290 Å². The van der Waals surface area contributed by atoms with E-state index in [9.17, 15) is 43.2 Å². The van der Waals surface area contributed by atoms with Crippen LogP contribution in [0.25, 0.3) is 0 Å². The van der Waals surface area contributed by atoms with Crippen LogP contribution in [0, 0.1) is 0 Å². The fraction of sp³-hybridized carbons (Fsp3) is 0.573. The van der Waals surface area contributed by atoms with Gasteiger partial charge in [0, 0.05) is 25.7 Å². The van der Waals surface area contributed by atoms with Crippen LogP contribution >= 0.6 is 15.6 Å². The van der Waals surface area contributed by atoms with Crippen LogP contribution in [-0.2, 0) is 65.4 Å². The number of esters is 4. The van der Waals surface area contributed by atoms with E-state index in [0.717, 1.165) is 180 Å². The second-order valence-electron chi connectivity index (χ2n) is 25.8. The van der Waals surface area contributed by atoms with Gasteiger partial charge in [-0.3, -0.25) is 37.3 Å². The highest BCUT2D eigenvalue weighted by atomic mass is 31.2. The van der Waals surface area contributed by atoms with Crippen LogP contribution in [0.15, 0.2) is 207 Å². The van der Waals surface area contributed by atoms with Crippen LogP contribution in [0.1, 0.15) is 272 Å². The minimum Gasteiger partial charge on any atom is -0.462 e. The molecule has 0 aliphatic carbocycles. The number of carbonyl (C=O) groups is 4. The number of phosphoric acid groups is 2. The van der Waals surface area contributed by atoms with E-state index in [1.807, 2.05) is 24.3 Å². The predicted molar refractivity (Wildman–Crippen MR) is 445 cm³/mol. The predicted octanol–water partition coefficient (Wildman–Crippen LogP) is 23.9. The van der Waals surface area contributed by atoms with E-state index < -0.39 is 97.5 Å². The number of carbonyl (C=O) groups excluding carboxylic acids is 4. The largest absolute Gasteiger partial charge is 0.472 e. The Morgan fingerprint density at radius 1 is 0.259 bits per heavy atom. The molecule has 0 spiro atoms. The number of unbranched alkanes of at least 4 members (excludes halogenated alkanes) is 13. The average molecular weight is 1540 g/mol. The fourth-order valence-electron chi connectivity index (χ4n) is 9.77. The molecule has 0 rings (SSSR count). The highest BCUT2D eigenvalue weighted by molar-refractivity contribution is 7.47. The first kappa shape index (κ1) is 102. The van der Waals surface area contributed by atoms with E-state index in [-0.39, 0.29) is 25.7 Å². The lowest BCUT2D eigenvalue weighted by atomic mass is 10.1. The summed E-state index contributed by atoms with van der Waals surface area (Å²) in [7, 11) is -10.0. The van der Waals surface area contributed by atoms with Crippen molar-refractivity contribution in [2.75, 3.05) is 39.6 Å². The third-order valence-electron chi connectivity index (χ3n) is 15.7. The van der Waals surface area contributed by atoms with Gasteiger partial charge in [0.05, 0.1) is 26.4 Å². The van der Waals surface area contributed by atoms with Gasteiger partial charge in [-0.2, -0.15) is 0 Å². The maximum Gasteiger partial charge on any atom is 0.472 e. The molecule has 0 aromatic heterocycles. The number of allylic oxidation sites excluding steroid dienone is 34. The van der Waals surface area contributed by atoms with Crippen molar-refractivity contribution in [3.63, 3.8) is 0 Å². The number of aliphatic hydroxyl groups excluding tert-OH is 1. The first-order valence-electron chi connectivity index (χ1n) is 40.3. The zero-order valence-corrected chi connectivity index (χ0v) is 68.2. The Morgan fingerprint density at radius 2 is 0.472 bits per heavy atom. The Morgan fingerprint density at radius 3 is 0.769 bits per heavy atom. The summed E-state index contributed by atoms with van der Waals surface area (Å²) in [6.07, 6.45) is 98.2.